The average molecular weight is 424 g/mol. The average Bonchev–Trinajstić information content (AvgIpc) is 3.13. The molecule has 1 N–H and O–H groups in total. The fraction of sp³-hybridized carbons (Fsp3) is 0.176. The molecule has 0 bridgehead atoms. The molecule has 0 spiro atoms. The molecule has 0 aliphatic heterocycles. The molecule has 0 saturated carbocycles. The number of nitrogens with zero attached hydrogens (tertiary/aromatic N) is 4. The van der Waals surface area contributed by atoms with Crippen molar-refractivity contribution in [1.29, 1.82) is 0 Å². The number of nitrogens with one attached hydrogen (secondary N) is 1. The van der Waals surface area contributed by atoms with Gasteiger partial charge < -0.3 is 10.1 Å². The summed E-state index contributed by atoms with van der Waals surface area (Å²) in [6.07, 6.45) is 0. The molecule has 0 fully saturated rings. The van der Waals surface area contributed by atoms with E-state index < -0.39 is 5.25 Å². The number of aromatic nitrogens is 4. The molecule has 1 atom stereocenters. The molecular formula is C17H15Cl2N5O2S. The van der Waals surface area contributed by atoms with Crippen LogP contribution < -0.4 is 10.1 Å². The predicted octanol–water partition coefficient (Wildman–Crippen LogP) is 4.10. The zero-order valence-electron chi connectivity index (χ0n) is 14.4. The van der Waals surface area contributed by atoms with Crippen molar-refractivity contribution in [3.8, 4) is 11.4 Å². The fourth-order valence-electron chi connectivity index (χ4n) is 2.25. The highest BCUT2D eigenvalue weighted by Gasteiger charge is 2.21. The van der Waals surface area contributed by atoms with Gasteiger partial charge >= 0.3 is 0 Å². The molecule has 0 aliphatic rings. The molecule has 7 nitrogen and oxygen atoms in total. The number of para-hydroxylation sites is 2. The standard InChI is InChI=1S/C17H15Cl2N5O2S/c1-10(16(25)20-12-7-5-6-11(18)15(12)19)27-17-21-22-23-24(17)13-8-3-4-9-14(13)26-2/h3-10H,1-2H3,(H,20,25). The molecule has 2 aromatic carbocycles. The van der Waals surface area contributed by atoms with E-state index in [0.29, 0.717) is 32.3 Å². The molecule has 3 rings (SSSR count). The number of benzene rings is 2. The first-order valence-corrected chi connectivity index (χ1v) is 9.48. The Hall–Kier alpha value is -2.29. The number of hydrogen-bond acceptors (Lipinski definition) is 6. The summed E-state index contributed by atoms with van der Waals surface area (Å²) in [7, 11) is 1.57. The molecule has 27 heavy (non-hydrogen) atoms. The van der Waals surface area contributed by atoms with E-state index in [1.54, 1.807) is 32.2 Å². The van der Waals surface area contributed by atoms with Gasteiger partial charge in [-0.15, -0.1) is 5.10 Å². The van der Waals surface area contributed by atoms with Crippen LogP contribution in [-0.2, 0) is 4.79 Å². The first-order chi connectivity index (χ1) is 13.0. The zero-order chi connectivity index (χ0) is 19.4. The van der Waals surface area contributed by atoms with Crippen molar-refractivity contribution in [3.63, 3.8) is 0 Å². The van der Waals surface area contributed by atoms with Gasteiger partial charge in [0.1, 0.15) is 11.4 Å². The minimum atomic E-state index is -0.487. The van der Waals surface area contributed by atoms with Gasteiger partial charge in [0.05, 0.1) is 28.1 Å². The maximum absolute atomic E-state index is 12.5. The summed E-state index contributed by atoms with van der Waals surface area (Å²) in [4.78, 5) is 12.5. The Morgan fingerprint density at radius 2 is 2.00 bits per heavy atom. The Morgan fingerprint density at radius 1 is 1.22 bits per heavy atom. The summed E-state index contributed by atoms with van der Waals surface area (Å²) in [5.41, 5.74) is 1.13. The third-order valence-corrected chi connectivity index (χ3v) is 5.47. The van der Waals surface area contributed by atoms with Gasteiger partial charge in [0.2, 0.25) is 11.1 Å². The molecular weight excluding hydrogens is 409 g/mol. The van der Waals surface area contributed by atoms with Crippen LogP contribution in [0.15, 0.2) is 47.6 Å². The lowest BCUT2D eigenvalue weighted by Gasteiger charge is -2.13. The van der Waals surface area contributed by atoms with E-state index in [0.717, 1.165) is 0 Å². The first kappa shape index (κ1) is 19.5. The van der Waals surface area contributed by atoms with E-state index in [4.69, 9.17) is 27.9 Å². The first-order valence-electron chi connectivity index (χ1n) is 7.84. The van der Waals surface area contributed by atoms with Crippen LogP contribution in [0.1, 0.15) is 6.92 Å². The molecule has 10 heteroatoms. The van der Waals surface area contributed by atoms with Crippen molar-refractivity contribution in [2.75, 3.05) is 12.4 Å². The molecule has 0 saturated heterocycles. The molecule has 3 aromatic rings. The zero-order valence-corrected chi connectivity index (χ0v) is 16.7. The number of hydrogen-bond donors (Lipinski definition) is 1. The topological polar surface area (TPSA) is 81.9 Å². The van der Waals surface area contributed by atoms with Gasteiger partial charge in [-0.3, -0.25) is 4.79 Å². The van der Waals surface area contributed by atoms with Crippen LogP contribution in [0.2, 0.25) is 10.0 Å². The fourth-order valence-corrected chi connectivity index (χ4v) is 3.40. The second-order valence-corrected chi connectivity index (χ2v) is 7.49. The molecule has 1 heterocycles. The number of carbonyl (C=O) groups excluding carboxylic acids is 1. The van der Waals surface area contributed by atoms with Crippen LogP contribution in [0.5, 0.6) is 5.75 Å². The molecule has 0 radical (unpaired) electrons. The normalized spacial score (nSPS) is 11.9. The van der Waals surface area contributed by atoms with Gasteiger partial charge in [-0.2, -0.15) is 4.68 Å². The van der Waals surface area contributed by atoms with Gasteiger partial charge in [-0.1, -0.05) is 53.2 Å². The molecule has 1 amide bonds. The number of thioether (sulfide) groups is 1. The number of methoxy groups -OCH3 is 1. The van der Waals surface area contributed by atoms with Crippen molar-refractivity contribution < 1.29 is 9.53 Å². The number of tetrazole rings is 1. The summed E-state index contributed by atoms with van der Waals surface area (Å²) < 4.78 is 6.88. The Morgan fingerprint density at radius 3 is 2.78 bits per heavy atom. The second kappa shape index (κ2) is 8.60. The van der Waals surface area contributed by atoms with Gasteiger partial charge in [0.15, 0.2) is 0 Å². The van der Waals surface area contributed by atoms with Crippen molar-refractivity contribution >= 4 is 46.6 Å². The number of rotatable bonds is 6. The van der Waals surface area contributed by atoms with Crippen molar-refractivity contribution in [1.82, 2.24) is 20.2 Å². The maximum Gasteiger partial charge on any atom is 0.237 e. The summed E-state index contributed by atoms with van der Waals surface area (Å²) in [5.74, 6) is 0.369. The number of halogens is 2. The van der Waals surface area contributed by atoms with E-state index in [-0.39, 0.29) is 5.91 Å². The van der Waals surface area contributed by atoms with Crippen molar-refractivity contribution in [2.24, 2.45) is 0 Å². The van der Waals surface area contributed by atoms with E-state index in [2.05, 4.69) is 20.8 Å². The monoisotopic (exact) mass is 423 g/mol. The summed E-state index contributed by atoms with van der Waals surface area (Å²) in [5, 5.41) is 15.1. The van der Waals surface area contributed by atoms with Crippen LogP contribution in [0.4, 0.5) is 5.69 Å². The third-order valence-electron chi connectivity index (χ3n) is 3.62. The van der Waals surface area contributed by atoms with E-state index in [1.807, 2.05) is 24.3 Å². The van der Waals surface area contributed by atoms with Crippen LogP contribution in [0.25, 0.3) is 5.69 Å². The quantitative estimate of drug-likeness (QED) is 0.600. The minimum Gasteiger partial charge on any atom is -0.494 e. The SMILES string of the molecule is COc1ccccc1-n1nnnc1SC(C)C(=O)Nc1cccc(Cl)c1Cl. The van der Waals surface area contributed by atoms with Crippen molar-refractivity contribution in [2.45, 2.75) is 17.3 Å². The lowest BCUT2D eigenvalue weighted by atomic mass is 10.3. The summed E-state index contributed by atoms with van der Waals surface area (Å²) in [6, 6.07) is 12.4. The van der Waals surface area contributed by atoms with Crippen LogP contribution in [0.3, 0.4) is 0 Å². The van der Waals surface area contributed by atoms with Crippen molar-refractivity contribution in [3.05, 3.63) is 52.5 Å². The maximum atomic E-state index is 12.5. The molecule has 140 valence electrons. The van der Waals surface area contributed by atoms with Gasteiger partial charge in [-0.05, 0) is 41.6 Å². The number of anilines is 1. The minimum absolute atomic E-state index is 0.251. The van der Waals surface area contributed by atoms with E-state index in [1.165, 1.54) is 16.4 Å². The lowest BCUT2D eigenvalue weighted by Crippen LogP contribution is -2.23. The predicted molar refractivity (Wildman–Crippen MR) is 106 cm³/mol. The van der Waals surface area contributed by atoms with E-state index >= 15 is 0 Å². The van der Waals surface area contributed by atoms with Gasteiger partial charge in [-0.25, -0.2) is 0 Å². The Bertz CT molecular complexity index is 966. The van der Waals surface area contributed by atoms with E-state index in [9.17, 15) is 4.79 Å². The highest BCUT2D eigenvalue weighted by molar-refractivity contribution is 8.00. The second-order valence-electron chi connectivity index (χ2n) is 5.40. The Kier molecular flexibility index (Phi) is 6.20. The van der Waals surface area contributed by atoms with Gasteiger partial charge in [0.25, 0.3) is 0 Å². The smallest absolute Gasteiger partial charge is 0.237 e. The molecule has 1 unspecified atom stereocenters. The third kappa shape index (κ3) is 4.35. The number of carbonyl (C=O) groups is 1. The highest BCUT2D eigenvalue weighted by atomic mass is 35.5. The highest BCUT2D eigenvalue weighted by Crippen LogP contribution is 2.31. The van der Waals surface area contributed by atoms with Crippen LogP contribution in [-0.4, -0.2) is 38.5 Å². The largest absolute Gasteiger partial charge is 0.494 e. The number of amides is 1. The summed E-state index contributed by atoms with van der Waals surface area (Å²) in [6.45, 7) is 1.75. The van der Waals surface area contributed by atoms with Crippen LogP contribution in [0, 0.1) is 0 Å². The van der Waals surface area contributed by atoms with Gasteiger partial charge in [0, 0.05) is 0 Å². The molecule has 1 aromatic heterocycles. The molecule has 0 aliphatic carbocycles. The van der Waals surface area contributed by atoms with Crippen LogP contribution >= 0.6 is 35.0 Å². The Labute approximate surface area is 170 Å². The lowest BCUT2D eigenvalue weighted by molar-refractivity contribution is -0.115. The Balaban J connectivity index is 1.77. The summed E-state index contributed by atoms with van der Waals surface area (Å²) >= 11 is 13.3. The number of ether oxygens (including phenoxy) is 1.